The topological polar surface area (TPSA) is 56.4 Å². The molecule has 3 heterocycles. The van der Waals surface area contributed by atoms with Crippen LogP contribution in [0.25, 0.3) is 71.7 Å². The average Bonchev–Trinajstić information content (AvgIpc) is 3.82. The highest BCUT2D eigenvalue weighted by atomic mass is 16.3. The van der Waals surface area contributed by atoms with Crippen molar-refractivity contribution < 1.29 is 9.41 Å². The third-order valence-electron chi connectivity index (χ3n) is 10.9. The molecule has 2 aromatic heterocycles. The number of hydrogen-bond donors (Lipinski definition) is 2. The van der Waals surface area contributed by atoms with Gasteiger partial charge in [0.05, 0.1) is 16.6 Å². The fraction of sp³-hybridized carbons (Fsp3) is 0.0196. The van der Waals surface area contributed by atoms with Crippen LogP contribution < -0.4 is 10.3 Å². The number of nitrogens with zero attached hydrogens (tertiary/aromatic N) is 2. The first-order chi connectivity index (χ1) is 27.7. The highest BCUT2D eigenvalue weighted by molar-refractivity contribution is 6.14. The molecule has 1 aliphatic rings. The van der Waals surface area contributed by atoms with Crippen molar-refractivity contribution in [2.24, 2.45) is 4.99 Å². The smallest absolute Gasteiger partial charge is 0.328 e. The Kier molecular flexibility index (Phi) is 7.49. The molecule has 0 fully saturated rings. The predicted molar refractivity (Wildman–Crippen MR) is 229 cm³/mol. The third-order valence-corrected chi connectivity index (χ3v) is 10.9. The summed E-state index contributed by atoms with van der Waals surface area (Å²) in [6.07, 6.45) is -0.159. The molecule has 0 saturated heterocycles. The van der Waals surface area contributed by atoms with Crippen LogP contribution in [0.1, 0.15) is 22.9 Å². The molecule has 5 nitrogen and oxygen atoms in total. The molecular weight excluding hydrogens is 685 g/mol. The molecule has 0 spiro atoms. The van der Waals surface area contributed by atoms with Gasteiger partial charge in [-0.15, -0.1) is 0 Å². The molecule has 56 heavy (non-hydrogen) atoms. The van der Waals surface area contributed by atoms with Crippen LogP contribution in [0.5, 0.6) is 0 Å². The van der Waals surface area contributed by atoms with Crippen LogP contribution in [0.4, 0.5) is 0 Å². The van der Waals surface area contributed by atoms with Gasteiger partial charge in [0.25, 0.3) is 5.84 Å². The van der Waals surface area contributed by atoms with E-state index < -0.39 is 0 Å². The number of aliphatic imine (C=N–C) groups is 1. The minimum atomic E-state index is -0.159. The van der Waals surface area contributed by atoms with E-state index in [2.05, 4.69) is 173 Å². The van der Waals surface area contributed by atoms with Crippen molar-refractivity contribution in [3.8, 4) is 27.9 Å². The predicted octanol–water partition coefficient (Wildman–Crippen LogP) is 10.6. The standard InChI is InChI=1S/C51H34N4O/c1-4-14-33(15-5-1)36-26-28-41-42-29-27-37(40-23-13-24-44-43-22-10-11-25-47(43)56-48(40)44)32-46(42)55(45(41)31-36)39-21-12-20-38(30-39)51-53-49(34-16-6-2-7-17-34)52-50(54-51)35-18-8-3-9-19-35/h1-32,49H,(H,52,53,54)/p+1. The van der Waals surface area contributed by atoms with E-state index >= 15 is 0 Å². The summed E-state index contributed by atoms with van der Waals surface area (Å²) in [5, 5.41) is 8.27. The normalized spacial score (nSPS) is 14.2. The molecule has 1 aliphatic heterocycles. The highest BCUT2D eigenvalue weighted by Crippen LogP contribution is 2.40. The SMILES string of the molecule is c1ccc(C2=NC(c3cccc(-n4c5cc(-c6ccccc6)ccc5c5ccc(-c6cccc7c6oc6ccccc67)cc54)c3)=[NH+]C(c3ccccc3)N2)cc1. The third kappa shape index (κ3) is 5.40. The van der Waals surface area contributed by atoms with Crippen LogP contribution in [-0.2, 0) is 0 Å². The molecule has 2 N–H and O–H groups in total. The monoisotopic (exact) mass is 719 g/mol. The summed E-state index contributed by atoms with van der Waals surface area (Å²) in [4.78, 5) is 8.91. The quantitative estimate of drug-likeness (QED) is 0.180. The van der Waals surface area contributed by atoms with Gasteiger partial charge in [0.15, 0.2) is 6.17 Å². The minimum Gasteiger partial charge on any atom is -0.455 e. The van der Waals surface area contributed by atoms with Crippen LogP contribution in [0.3, 0.4) is 0 Å². The Balaban J connectivity index is 1.12. The number of para-hydroxylation sites is 2. The highest BCUT2D eigenvalue weighted by Gasteiger charge is 2.28. The molecule has 11 rings (SSSR count). The number of fused-ring (bicyclic) bond motifs is 6. The first-order valence-electron chi connectivity index (χ1n) is 19.0. The van der Waals surface area contributed by atoms with Crippen molar-refractivity contribution >= 4 is 55.4 Å². The molecule has 10 aromatic rings. The summed E-state index contributed by atoms with van der Waals surface area (Å²) < 4.78 is 8.92. The zero-order valence-corrected chi connectivity index (χ0v) is 30.4. The Morgan fingerprint density at radius 3 is 1.89 bits per heavy atom. The zero-order chi connectivity index (χ0) is 37.0. The second-order valence-corrected chi connectivity index (χ2v) is 14.3. The molecule has 8 aromatic carbocycles. The molecule has 0 amide bonds. The van der Waals surface area contributed by atoms with Crippen LogP contribution in [0.2, 0.25) is 0 Å². The average molecular weight is 720 g/mol. The Morgan fingerprint density at radius 1 is 0.482 bits per heavy atom. The van der Waals surface area contributed by atoms with E-state index in [1.165, 1.54) is 21.9 Å². The van der Waals surface area contributed by atoms with E-state index in [4.69, 9.17) is 9.41 Å². The fourth-order valence-electron chi connectivity index (χ4n) is 8.23. The van der Waals surface area contributed by atoms with Gasteiger partial charge in [-0.1, -0.05) is 146 Å². The molecule has 0 saturated carbocycles. The van der Waals surface area contributed by atoms with Crippen molar-refractivity contribution in [2.45, 2.75) is 6.17 Å². The number of aromatic nitrogens is 1. The van der Waals surface area contributed by atoms with Gasteiger partial charge in [-0.25, -0.2) is 4.99 Å². The van der Waals surface area contributed by atoms with Crippen molar-refractivity contribution in [3.63, 3.8) is 0 Å². The number of rotatable bonds is 6. The van der Waals surface area contributed by atoms with Gasteiger partial charge in [-0.3, -0.25) is 0 Å². The van der Waals surface area contributed by atoms with E-state index in [9.17, 15) is 0 Å². The van der Waals surface area contributed by atoms with Gasteiger partial charge in [0, 0.05) is 43.9 Å². The number of hydrogen-bond acceptors (Lipinski definition) is 3. The van der Waals surface area contributed by atoms with Crippen molar-refractivity contribution in [1.29, 1.82) is 0 Å². The number of amidine groups is 2. The van der Waals surface area contributed by atoms with Crippen molar-refractivity contribution in [2.75, 3.05) is 0 Å². The van der Waals surface area contributed by atoms with Crippen LogP contribution >= 0.6 is 0 Å². The largest absolute Gasteiger partial charge is 0.455 e. The van der Waals surface area contributed by atoms with Crippen LogP contribution in [-0.4, -0.2) is 16.2 Å². The maximum Gasteiger partial charge on any atom is 0.328 e. The fourth-order valence-corrected chi connectivity index (χ4v) is 8.23. The van der Waals surface area contributed by atoms with Crippen molar-refractivity contribution in [1.82, 2.24) is 9.88 Å². The molecular formula is C51H35N4O+. The second-order valence-electron chi connectivity index (χ2n) is 14.3. The van der Waals surface area contributed by atoms with Gasteiger partial charge in [0.2, 0.25) is 0 Å². The van der Waals surface area contributed by atoms with Crippen molar-refractivity contribution in [3.05, 3.63) is 211 Å². The number of furan rings is 1. The Bertz CT molecular complexity index is 3160. The summed E-state index contributed by atoms with van der Waals surface area (Å²) in [5.41, 5.74) is 12.8. The maximum atomic E-state index is 6.52. The second kappa shape index (κ2) is 13.1. The lowest BCUT2D eigenvalue weighted by Crippen LogP contribution is -2.80. The van der Waals surface area contributed by atoms with Gasteiger partial charge in [-0.2, -0.15) is 0 Å². The molecule has 264 valence electrons. The first kappa shape index (κ1) is 32.0. The lowest BCUT2D eigenvalue weighted by atomic mass is 10.00. The van der Waals surface area contributed by atoms with E-state index in [-0.39, 0.29) is 6.17 Å². The summed E-state index contributed by atoms with van der Waals surface area (Å²) in [6, 6.07) is 68.5. The van der Waals surface area contributed by atoms with E-state index in [0.717, 1.165) is 78.1 Å². The number of benzene rings is 8. The molecule has 0 bridgehead atoms. The summed E-state index contributed by atoms with van der Waals surface area (Å²) in [7, 11) is 0. The van der Waals surface area contributed by atoms with Crippen LogP contribution in [0, 0.1) is 0 Å². The van der Waals surface area contributed by atoms with Crippen LogP contribution in [0.15, 0.2) is 204 Å². The van der Waals surface area contributed by atoms with Gasteiger partial charge in [-0.05, 0) is 70.2 Å². The van der Waals surface area contributed by atoms with Gasteiger partial charge < -0.3 is 14.3 Å². The first-order valence-corrected chi connectivity index (χ1v) is 19.0. The van der Waals surface area contributed by atoms with E-state index in [0.29, 0.717) is 0 Å². The van der Waals surface area contributed by atoms with E-state index in [1.54, 1.807) is 0 Å². The summed E-state index contributed by atoms with van der Waals surface area (Å²) in [6.45, 7) is 0. The Labute approximate surface area is 323 Å². The maximum absolute atomic E-state index is 6.52. The molecule has 1 atom stereocenters. The minimum absolute atomic E-state index is 0.159. The lowest BCUT2D eigenvalue weighted by molar-refractivity contribution is -0.516. The molecule has 0 aliphatic carbocycles. The Morgan fingerprint density at radius 2 is 1.11 bits per heavy atom. The van der Waals surface area contributed by atoms with E-state index in [1.807, 2.05) is 36.4 Å². The van der Waals surface area contributed by atoms with Gasteiger partial charge in [0.1, 0.15) is 11.2 Å². The summed E-state index contributed by atoms with van der Waals surface area (Å²) in [5.74, 6) is 1.63. The molecule has 0 radical (unpaired) electrons. The zero-order valence-electron chi connectivity index (χ0n) is 30.4. The molecule has 5 heteroatoms. The lowest BCUT2D eigenvalue weighted by Gasteiger charge is -2.18. The van der Waals surface area contributed by atoms with Gasteiger partial charge >= 0.3 is 5.84 Å². The Hall–Kier alpha value is -7.50. The molecule has 1 unspecified atom stereocenters. The number of nitrogens with one attached hydrogen (secondary N) is 2. The summed E-state index contributed by atoms with van der Waals surface area (Å²) >= 11 is 0.